The molecule has 0 aromatic heterocycles. The Morgan fingerprint density at radius 1 is 1.31 bits per heavy atom. The van der Waals surface area contributed by atoms with Gasteiger partial charge in [-0.05, 0) is 12.8 Å². The van der Waals surface area contributed by atoms with E-state index in [1.807, 2.05) is 6.92 Å². The molecular formula is C10H20O3. The second-order valence-corrected chi connectivity index (χ2v) is 3.05. The van der Waals surface area contributed by atoms with Gasteiger partial charge in [0.1, 0.15) is 0 Å². The van der Waals surface area contributed by atoms with Crippen LogP contribution in [-0.4, -0.2) is 18.9 Å². The molecule has 13 heavy (non-hydrogen) atoms. The summed E-state index contributed by atoms with van der Waals surface area (Å²) in [6.07, 6.45) is 3.53. The van der Waals surface area contributed by atoms with E-state index in [9.17, 15) is 4.79 Å². The summed E-state index contributed by atoms with van der Waals surface area (Å²) in [7, 11) is 0. The predicted molar refractivity (Wildman–Crippen MR) is 51.3 cm³/mol. The van der Waals surface area contributed by atoms with E-state index in [0.29, 0.717) is 6.61 Å². The first-order valence-electron chi connectivity index (χ1n) is 4.99. The zero-order chi connectivity index (χ0) is 10.1. The summed E-state index contributed by atoms with van der Waals surface area (Å²) in [6, 6.07) is 0. The van der Waals surface area contributed by atoms with E-state index < -0.39 is 0 Å². The summed E-state index contributed by atoms with van der Waals surface area (Å²) in [6.45, 7) is 6.20. The molecule has 0 bridgehead atoms. The Morgan fingerprint density at radius 2 is 2.00 bits per heavy atom. The number of hydrogen-bond acceptors (Lipinski definition) is 3. The molecule has 0 radical (unpaired) electrons. The van der Waals surface area contributed by atoms with Crippen molar-refractivity contribution >= 4 is 5.97 Å². The Kier molecular flexibility index (Phi) is 7.69. The molecule has 0 amide bonds. The molecule has 0 rings (SSSR count). The van der Waals surface area contributed by atoms with Crippen LogP contribution in [0, 0.1) is 0 Å². The number of hydrogen-bond donors (Lipinski definition) is 0. The fourth-order valence-corrected chi connectivity index (χ4v) is 0.981. The van der Waals surface area contributed by atoms with Gasteiger partial charge >= 0.3 is 5.97 Å². The molecule has 3 heteroatoms. The Labute approximate surface area is 80.4 Å². The van der Waals surface area contributed by atoms with E-state index >= 15 is 0 Å². The number of unbranched alkanes of at least 4 members (excludes halogenated alkanes) is 1. The lowest BCUT2D eigenvalue weighted by molar-refractivity contribution is -0.177. The number of carbonyl (C=O) groups is 1. The number of esters is 1. The maximum atomic E-state index is 10.7. The monoisotopic (exact) mass is 188 g/mol. The summed E-state index contributed by atoms with van der Waals surface area (Å²) in [5.74, 6) is -0.266. The number of carbonyl (C=O) groups excluding carboxylic acids is 1. The van der Waals surface area contributed by atoms with Gasteiger partial charge in [0, 0.05) is 13.3 Å². The molecule has 0 aromatic rings. The van der Waals surface area contributed by atoms with E-state index in [-0.39, 0.29) is 12.3 Å². The van der Waals surface area contributed by atoms with Crippen molar-refractivity contribution in [1.82, 2.24) is 0 Å². The molecule has 0 saturated heterocycles. The lowest BCUT2D eigenvalue weighted by atomic mass is 10.2. The van der Waals surface area contributed by atoms with Gasteiger partial charge in [-0.15, -0.1) is 0 Å². The summed E-state index contributed by atoms with van der Waals surface area (Å²) in [5, 5.41) is 0. The van der Waals surface area contributed by atoms with Gasteiger partial charge in [0.25, 0.3) is 0 Å². The third-order valence-electron chi connectivity index (χ3n) is 1.60. The van der Waals surface area contributed by atoms with Gasteiger partial charge in [-0.2, -0.15) is 0 Å². The highest BCUT2D eigenvalue weighted by atomic mass is 16.7. The molecule has 78 valence electrons. The first-order valence-corrected chi connectivity index (χ1v) is 4.99. The molecule has 1 unspecified atom stereocenters. The van der Waals surface area contributed by atoms with Crippen LogP contribution in [0.2, 0.25) is 0 Å². The number of rotatable bonds is 7. The molecule has 0 heterocycles. The molecular weight excluding hydrogens is 168 g/mol. The predicted octanol–water partition coefficient (Wildman–Crippen LogP) is 2.49. The molecule has 0 N–H and O–H groups in total. The van der Waals surface area contributed by atoms with Crippen LogP contribution < -0.4 is 0 Å². The van der Waals surface area contributed by atoms with Crippen LogP contribution in [0.3, 0.4) is 0 Å². The quantitative estimate of drug-likeness (QED) is 0.455. The molecule has 1 atom stereocenters. The fraction of sp³-hybridized carbons (Fsp3) is 0.900. The van der Waals surface area contributed by atoms with Crippen molar-refractivity contribution in [2.24, 2.45) is 0 Å². The van der Waals surface area contributed by atoms with Crippen molar-refractivity contribution in [3.05, 3.63) is 0 Å². The van der Waals surface area contributed by atoms with Crippen molar-refractivity contribution in [2.45, 2.75) is 52.7 Å². The largest absolute Gasteiger partial charge is 0.436 e. The van der Waals surface area contributed by atoms with E-state index in [1.54, 1.807) is 0 Å². The van der Waals surface area contributed by atoms with E-state index in [4.69, 9.17) is 9.47 Å². The van der Waals surface area contributed by atoms with Crippen molar-refractivity contribution in [3.8, 4) is 0 Å². The van der Waals surface area contributed by atoms with E-state index in [0.717, 1.165) is 25.7 Å². The van der Waals surface area contributed by atoms with Gasteiger partial charge in [0.05, 0.1) is 6.61 Å². The van der Waals surface area contributed by atoms with E-state index in [2.05, 4.69) is 6.92 Å². The minimum absolute atomic E-state index is 0.266. The Hall–Kier alpha value is -0.570. The smallest absolute Gasteiger partial charge is 0.304 e. The first-order chi connectivity index (χ1) is 6.20. The van der Waals surface area contributed by atoms with Gasteiger partial charge in [-0.3, -0.25) is 4.79 Å². The summed E-state index contributed by atoms with van der Waals surface area (Å²) >= 11 is 0. The lowest BCUT2D eigenvalue weighted by Crippen LogP contribution is -2.20. The second-order valence-electron chi connectivity index (χ2n) is 3.05. The van der Waals surface area contributed by atoms with Crippen LogP contribution >= 0.6 is 0 Å². The molecule has 0 fully saturated rings. The Balaban J connectivity index is 3.66. The summed E-state index contributed by atoms with van der Waals surface area (Å²) in [5.41, 5.74) is 0. The third kappa shape index (κ3) is 7.78. The third-order valence-corrected chi connectivity index (χ3v) is 1.60. The highest BCUT2D eigenvalue weighted by Gasteiger charge is 2.10. The van der Waals surface area contributed by atoms with Crippen molar-refractivity contribution < 1.29 is 14.3 Å². The van der Waals surface area contributed by atoms with E-state index in [1.165, 1.54) is 6.92 Å². The molecule has 0 aliphatic rings. The minimum atomic E-state index is -0.336. The van der Waals surface area contributed by atoms with Crippen molar-refractivity contribution in [3.63, 3.8) is 0 Å². The first kappa shape index (κ1) is 12.4. The summed E-state index contributed by atoms with van der Waals surface area (Å²) in [4.78, 5) is 10.7. The average molecular weight is 188 g/mol. The highest BCUT2D eigenvalue weighted by molar-refractivity contribution is 5.66. The van der Waals surface area contributed by atoms with Crippen LogP contribution in [0.15, 0.2) is 0 Å². The standard InChI is InChI=1S/C10H20O3/c1-4-6-7-10(12-8-5-2)13-9(3)11/h10H,4-8H2,1-3H3. The van der Waals surface area contributed by atoms with Gasteiger partial charge in [-0.1, -0.05) is 20.3 Å². The maximum absolute atomic E-state index is 10.7. The van der Waals surface area contributed by atoms with Crippen molar-refractivity contribution in [1.29, 1.82) is 0 Å². The molecule has 3 nitrogen and oxygen atoms in total. The average Bonchev–Trinajstić information content (AvgIpc) is 2.09. The van der Waals surface area contributed by atoms with Crippen LogP contribution in [0.5, 0.6) is 0 Å². The molecule has 0 aliphatic carbocycles. The van der Waals surface area contributed by atoms with Crippen LogP contribution in [-0.2, 0) is 14.3 Å². The van der Waals surface area contributed by atoms with Gasteiger partial charge in [0.15, 0.2) is 0 Å². The van der Waals surface area contributed by atoms with Crippen LogP contribution in [0.25, 0.3) is 0 Å². The molecule has 0 spiro atoms. The van der Waals surface area contributed by atoms with Gasteiger partial charge in [-0.25, -0.2) is 0 Å². The normalized spacial score (nSPS) is 12.5. The van der Waals surface area contributed by atoms with Crippen LogP contribution in [0.1, 0.15) is 46.5 Å². The highest BCUT2D eigenvalue weighted by Crippen LogP contribution is 2.07. The fourth-order valence-electron chi connectivity index (χ4n) is 0.981. The summed E-state index contributed by atoms with van der Waals surface area (Å²) < 4.78 is 10.4. The molecule has 0 saturated carbocycles. The van der Waals surface area contributed by atoms with Crippen LogP contribution in [0.4, 0.5) is 0 Å². The van der Waals surface area contributed by atoms with Gasteiger partial charge in [0.2, 0.25) is 6.29 Å². The lowest BCUT2D eigenvalue weighted by Gasteiger charge is -2.16. The zero-order valence-electron chi connectivity index (χ0n) is 8.84. The SMILES string of the molecule is CCCCC(OCCC)OC(C)=O. The molecule has 0 aromatic carbocycles. The topological polar surface area (TPSA) is 35.5 Å². The van der Waals surface area contributed by atoms with Gasteiger partial charge < -0.3 is 9.47 Å². The maximum Gasteiger partial charge on any atom is 0.304 e. The zero-order valence-corrected chi connectivity index (χ0v) is 8.84. The van der Waals surface area contributed by atoms with Crippen molar-refractivity contribution in [2.75, 3.05) is 6.61 Å². The Morgan fingerprint density at radius 3 is 2.46 bits per heavy atom. The molecule has 0 aliphatic heterocycles. The Bertz CT molecular complexity index is 126. The number of ether oxygens (including phenoxy) is 2. The second kappa shape index (κ2) is 8.05. The minimum Gasteiger partial charge on any atom is -0.436 e.